The molecule has 1 fully saturated rings. The third kappa shape index (κ3) is 5.13. The smallest absolute Gasteiger partial charge is 0.227 e. The highest BCUT2D eigenvalue weighted by atomic mass is 16.2. The average Bonchev–Trinajstić information content (AvgIpc) is 3.34. The molecule has 0 unspecified atom stereocenters. The van der Waals surface area contributed by atoms with E-state index in [9.17, 15) is 4.79 Å². The first kappa shape index (κ1) is 20.7. The molecule has 3 aromatic rings. The summed E-state index contributed by atoms with van der Waals surface area (Å²) in [6.07, 6.45) is 2.86. The number of amides is 1. The lowest BCUT2D eigenvalue weighted by Gasteiger charge is -2.35. The maximum atomic E-state index is 12.7. The van der Waals surface area contributed by atoms with E-state index in [2.05, 4.69) is 33.4 Å². The van der Waals surface area contributed by atoms with Gasteiger partial charge in [0.05, 0.1) is 23.7 Å². The number of nitrogens with zero attached hydrogens (tertiary/aromatic N) is 7. The monoisotopic (exact) mass is 415 g/mol. The molecule has 8 heteroatoms. The maximum Gasteiger partial charge on any atom is 0.227 e. The minimum absolute atomic E-state index is 0.160. The van der Waals surface area contributed by atoms with E-state index in [1.165, 1.54) is 11.1 Å². The van der Waals surface area contributed by atoms with E-state index in [4.69, 9.17) is 5.26 Å². The zero-order chi connectivity index (χ0) is 21.6. The van der Waals surface area contributed by atoms with E-state index in [1.807, 2.05) is 47.4 Å². The lowest BCUT2D eigenvalue weighted by molar-refractivity contribution is -0.132. The Morgan fingerprint density at radius 2 is 1.87 bits per heavy atom. The maximum absolute atomic E-state index is 12.7. The van der Waals surface area contributed by atoms with Crippen LogP contribution in [0.3, 0.4) is 0 Å². The summed E-state index contributed by atoms with van der Waals surface area (Å²) in [5.74, 6) is 0.160. The van der Waals surface area contributed by atoms with Gasteiger partial charge in [-0.1, -0.05) is 18.2 Å². The van der Waals surface area contributed by atoms with Gasteiger partial charge < -0.3 is 4.90 Å². The molecule has 4 rings (SSSR count). The fraction of sp³-hybridized carbons (Fsp3) is 0.348. The van der Waals surface area contributed by atoms with Crippen LogP contribution < -0.4 is 0 Å². The second-order valence-electron chi connectivity index (χ2n) is 7.82. The van der Waals surface area contributed by atoms with Crippen molar-refractivity contribution in [2.24, 2.45) is 0 Å². The predicted molar refractivity (Wildman–Crippen MR) is 115 cm³/mol. The first-order valence-corrected chi connectivity index (χ1v) is 10.4. The third-order valence-electron chi connectivity index (χ3n) is 5.81. The molecule has 1 aliphatic rings. The van der Waals surface area contributed by atoms with Crippen LogP contribution in [-0.2, 0) is 17.6 Å². The van der Waals surface area contributed by atoms with Gasteiger partial charge in [0.1, 0.15) is 6.33 Å². The second-order valence-corrected chi connectivity index (χ2v) is 7.82. The standard InChI is InChI=1S/C23H25N7O/c1-18-2-3-20(16-24)14-21(18)8-9-28-10-12-29(13-11-28)23(31)15-19-4-6-22(7-5-19)30-17-25-26-27-30/h2-7,14,17H,8-13,15H2,1H3. The third-order valence-corrected chi connectivity index (χ3v) is 5.81. The average molecular weight is 416 g/mol. The van der Waals surface area contributed by atoms with Gasteiger partial charge in [0.15, 0.2) is 0 Å². The number of nitriles is 1. The quantitative estimate of drug-likeness (QED) is 0.609. The molecule has 2 heterocycles. The molecule has 0 saturated carbocycles. The van der Waals surface area contributed by atoms with Crippen LogP contribution in [0.15, 0.2) is 48.8 Å². The van der Waals surface area contributed by atoms with Crippen LogP contribution in [0.5, 0.6) is 0 Å². The van der Waals surface area contributed by atoms with Crippen LogP contribution in [0.2, 0.25) is 0 Å². The van der Waals surface area contributed by atoms with Gasteiger partial charge in [-0.3, -0.25) is 9.69 Å². The van der Waals surface area contributed by atoms with Crippen LogP contribution >= 0.6 is 0 Å². The highest BCUT2D eigenvalue weighted by Gasteiger charge is 2.21. The van der Waals surface area contributed by atoms with Crippen molar-refractivity contribution in [3.8, 4) is 11.8 Å². The van der Waals surface area contributed by atoms with Crippen molar-refractivity contribution in [1.82, 2.24) is 30.0 Å². The molecular weight excluding hydrogens is 390 g/mol. The number of benzene rings is 2. The molecule has 0 radical (unpaired) electrons. The summed E-state index contributed by atoms with van der Waals surface area (Å²) in [6.45, 7) is 6.28. The Morgan fingerprint density at radius 1 is 1.10 bits per heavy atom. The molecule has 1 aromatic heterocycles. The molecule has 158 valence electrons. The van der Waals surface area contributed by atoms with Gasteiger partial charge in [0.25, 0.3) is 0 Å². The Morgan fingerprint density at radius 3 is 2.55 bits per heavy atom. The molecule has 0 aliphatic carbocycles. The molecule has 1 saturated heterocycles. The van der Waals surface area contributed by atoms with Gasteiger partial charge in [-0.15, -0.1) is 5.10 Å². The molecule has 0 atom stereocenters. The molecule has 0 N–H and O–H groups in total. The molecule has 0 bridgehead atoms. The van der Waals surface area contributed by atoms with Gasteiger partial charge >= 0.3 is 0 Å². The van der Waals surface area contributed by atoms with E-state index in [0.717, 1.165) is 50.4 Å². The molecule has 1 aliphatic heterocycles. The Labute approximate surface area is 181 Å². The van der Waals surface area contributed by atoms with Crippen LogP contribution in [0.1, 0.15) is 22.3 Å². The van der Waals surface area contributed by atoms with Crippen LogP contribution in [0.4, 0.5) is 0 Å². The number of aromatic nitrogens is 4. The largest absolute Gasteiger partial charge is 0.340 e. The number of rotatable bonds is 6. The summed E-state index contributed by atoms with van der Waals surface area (Å²) in [7, 11) is 0. The lowest BCUT2D eigenvalue weighted by atomic mass is 10.0. The van der Waals surface area contributed by atoms with Gasteiger partial charge in [-0.05, 0) is 64.7 Å². The SMILES string of the molecule is Cc1ccc(C#N)cc1CCN1CCN(C(=O)Cc2ccc(-n3cnnn3)cc2)CC1. The summed E-state index contributed by atoms with van der Waals surface area (Å²) in [5.41, 5.74) is 5.01. The summed E-state index contributed by atoms with van der Waals surface area (Å²) in [5, 5.41) is 20.2. The Hall–Kier alpha value is -3.57. The summed E-state index contributed by atoms with van der Waals surface area (Å²) >= 11 is 0. The number of carbonyl (C=O) groups excluding carboxylic acids is 1. The Balaban J connectivity index is 1.25. The first-order valence-electron chi connectivity index (χ1n) is 10.4. The van der Waals surface area contributed by atoms with E-state index >= 15 is 0 Å². The highest BCUT2D eigenvalue weighted by Crippen LogP contribution is 2.14. The van der Waals surface area contributed by atoms with E-state index in [1.54, 1.807) is 11.0 Å². The van der Waals surface area contributed by atoms with Crippen molar-refractivity contribution in [1.29, 1.82) is 5.26 Å². The second kappa shape index (κ2) is 9.49. The van der Waals surface area contributed by atoms with E-state index < -0.39 is 0 Å². The molecule has 0 spiro atoms. The lowest BCUT2D eigenvalue weighted by Crippen LogP contribution is -2.49. The summed E-state index contributed by atoms with van der Waals surface area (Å²) < 4.78 is 1.59. The van der Waals surface area contributed by atoms with Crippen molar-refractivity contribution in [2.45, 2.75) is 19.8 Å². The highest BCUT2D eigenvalue weighted by molar-refractivity contribution is 5.79. The Kier molecular flexibility index (Phi) is 6.34. The zero-order valence-electron chi connectivity index (χ0n) is 17.6. The number of piperazine rings is 1. The fourth-order valence-electron chi connectivity index (χ4n) is 3.84. The first-order chi connectivity index (χ1) is 15.1. The number of aryl methyl sites for hydroxylation is 1. The molecule has 8 nitrogen and oxygen atoms in total. The predicted octanol–water partition coefficient (Wildman–Crippen LogP) is 1.77. The Bertz CT molecular complexity index is 1060. The van der Waals surface area contributed by atoms with E-state index in [0.29, 0.717) is 12.0 Å². The number of tetrazole rings is 1. The molecule has 1 amide bonds. The minimum atomic E-state index is 0.160. The summed E-state index contributed by atoms with van der Waals surface area (Å²) in [6, 6.07) is 15.8. The number of carbonyl (C=O) groups is 1. The molecule has 31 heavy (non-hydrogen) atoms. The van der Waals surface area contributed by atoms with Crippen molar-refractivity contribution in [3.63, 3.8) is 0 Å². The van der Waals surface area contributed by atoms with Crippen LogP contribution in [0, 0.1) is 18.3 Å². The minimum Gasteiger partial charge on any atom is -0.340 e. The van der Waals surface area contributed by atoms with Crippen molar-refractivity contribution < 1.29 is 4.79 Å². The van der Waals surface area contributed by atoms with Gasteiger partial charge in [0.2, 0.25) is 5.91 Å². The zero-order valence-corrected chi connectivity index (χ0v) is 17.6. The molecular formula is C23H25N7O. The van der Waals surface area contributed by atoms with Crippen LogP contribution in [-0.4, -0.2) is 68.6 Å². The fourth-order valence-corrected chi connectivity index (χ4v) is 3.84. The van der Waals surface area contributed by atoms with E-state index in [-0.39, 0.29) is 5.91 Å². The molecule has 2 aromatic carbocycles. The topological polar surface area (TPSA) is 90.9 Å². The normalized spacial score (nSPS) is 14.4. The van der Waals surface area contributed by atoms with Crippen molar-refractivity contribution >= 4 is 5.91 Å². The van der Waals surface area contributed by atoms with Gasteiger partial charge in [0, 0.05) is 32.7 Å². The number of hydrogen-bond acceptors (Lipinski definition) is 6. The number of hydrogen-bond donors (Lipinski definition) is 0. The van der Waals surface area contributed by atoms with Crippen molar-refractivity contribution in [3.05, 3.63) is 71.0 Å². The van der Waals surface area contributed by atoms with Gasteiger partial charge in [-0.25, -0.2) is 4.68 Å². The van der Waals surface area contributed by atoms with Crippen molar-refractivity contribution in [2.75, 3.05) is 32.7 Å². The van der Waals surface area contributed by atoms with Gasteiger partial charge in [-0.2, -0.15) is 5.26 Å². The van der Waals surface area contributed by atoms with Crippen LogP contribution in [0.25, 0.3) is 5.69 Å². The summed E-state index contributed by atoms with van der Waals surface area (Å²) in [4.78, 5) is 17.1.